The maximum Gasteiger partial charge on any atom is 0.300 e. The van der Waals surface area contributed by atoms with Crippen molar-refractivity contribution in [2.45, 2.75) is 13.3 Å². The van der Waals surface area contributed by atoms with Crippen LogP contribution in [0.4, 0.5) is 8.78 Å². The molecule has 0 aliphatic carbocycles. The molecule has 0 unspecified atom stereocenters. The third kappa shape index (κ3) is 2.25. The Hall–Kier alpha value is -0.960. The summed E-state index contributed by atoms with van der Waals surface area (Å²) in [6.45, 7) is 1.66. The Balaban J connectivity index is 3.04. The zero-order valence-electron chi connectivity index (χ0n) is 6.85. The lowest BCUT2D eigenvalue weighted by Crippen LogP contribution is -2.10. The highest BCUT2D eigenvalue weighted by molar-refractivity contribution is 6.31. The topological polar surface area (TPSA) is 17.1 Å². The summed E-state index contributed by atoms with van der Waals surface area (Å²) in [4.78, 5) is 10.8. The molecule has 0 atom stereocenters. The molecule has 0 heterocycles. The van der Waals surface area contributed by atoms with Crippen LogP contribution in [0.3, 0.4) is 0 Å². The minimum atomic E-state index is -2.96. The normalized spacial score (nSPS) is 10.5. The van der Waals surface area contributed by atoms with Crippen LogP contribution in [-0.2, 0) is 0 Å². The van der Waals surface area contributed by atoms with Crippen LogP contribution >= 0.6 is 11.6 Å². The number of rotatable bonds is 2. The van der Waals surface area contributed by atoms with E-state index in [1.54, 1.807) is 6.92 Å². The molecule has 4 heteroatoms. The second-order valence-corrected chi connectivity index (χ2v) is 3.04. The number of aryl methyl sites for hydroxylation is 1. The van der Waals surface area contributed by atoms with Crippen LogP contribution < -0.4 is 0 Å². The fraction of sp³-hybridized carbons (Fsp3) is 0.222. The molecule has 0 saturated heterocycles. The molecule has 0 bridgehead atoms. The van der Waals surface area contributed by atoms with Crippen molar-refractivity contribution in [3.8, 4) is 0 Å². The van der Waals surface area contributed by atoms with E-state index in [1.165, 1.54) is 18.2 Å². The Morgan fingerprint density at radius 2 is 2.08 bits per heavy atom. The molecule has 1 nitrogen and oxygen atoms in total. The molecule has 13 heavy (non-hydrogen) atoms. The number of hydrogen-bond donors (Lipinski definition) is 0. The van der Waals surface area contributed by atoms with Crippen molar-refractivity contribution < 1.29 is 13.6 Å². The van der Waals surface area contributed by atoms with Gasteiger partial charge in [-0.25, -0.2) is 8.78 Å². The zero-order chi connectivity index (χ0) is 10.0. The van der Waals surface area contributed by atoms with Crippen LogP contribution in [0.15, 0.2) is 18.2 Å². The molecule has 1 aromatic rings. The molecule has 0 aliphatic rings. The van der Waals surface area contributed by atoms with Gasteiger partial charge in [0.25, 0.3) is 0 Å². The fourth-order valence-electron chi connectivity index (χ4n) is 0.924. The van der Waals surface area contributed by atoms with Crippen molar-refractivity contribution in [3.05, 3.63) is 34.3 Å². The van der Waals surface area contributed by atoms with E-state index in [2.05, 4.69) is 0 Å². The van der Waals surface area contributed by atoms with Crippen molar-refractivity contribution in [2.24, 2.45) is 0 Å². The van der Waals surface area contributed by atoms with Crippen molar-refractivity contribution in [1.29, 1.82) is 0 Å². The number of alkyl halides is 2. The molecule has 0 N–H and O–H groups in total. The first-order chi connectivity index (χ1) is 6.02. The smallest absolute Gasteiger partial charge is 0.288 e. The van der Waals surface area contributed by atoms with Gasteiger partial charge < -0.3 is 0 Å². The molecule has 0 spiro atoms. The van der Waals surface area contributed by atoms with Gasteiger partial charge in [0.2, 0.25) is 5.78 Å². The highest BCUT2D eigenvalue weighted by Gasteiger charge is 2.17. The summed E-state index contributed by atoms with van der Waals surface area (Å²) >= 11 is 5.67. The van der Waals surface area contributed by atoms with Crippen LogP contribution in [0.1, 0.15) is 15.9 Å². The van der Waals surface area contributed by atoms with Gasteiger partial charge in [0.05, 0.1) is 0 Å². The third-order valence-corrected chi connectivity index (χ3v) is 2.06. The second kappa shape index (κ2) is 3.83. The minimum absolute atomic E-state index is 0.00287. The molecule has 1 aromatic carbocycles. The van der Waals surface area contributed by atoms with Gasteiger partial charge in [-0.2, -0.15) is 0 Å². The lowest BCUT2D eigenvalue weighted by Gasteiger charge is -2.01. The summed E-state index contributed by atoms with van der Waals surface area (Å²) in [5, 5.41) is 0.464. The minimum Gasteiger partial charge on any atom is -0.288 e. The van der Waals surface area contributed by atoms with Gasteiger partial charge in [-0.15, -0.1) is 0 Å². The molecule has 0 radical (unpaired) electrons. The molecule has 1 rings (SSSR count). The number of carbonyl (C=O) groups is 1. The first-order valence-corrected chi connectivity index (χ1v) is 3.98. The van der Waals surface area contributed by atoms with E-state index in [-0.39, 0.29) is 5.56 Å². The van der Waals surface area contributed by atoms with Crippen LogP contribution in [0.5, 0.6) is 0 Å². The van der Waals surface area contributed by atoms with E-state index in [4.69, 9.17) is 11.6 Å². The highest BCUT2D eigenvalue weighted by Crippen LogP contribution is 2.17. The number of ketones is 1. The number of Topliss-reactive ketones (excluding diaryl/α,β-unsaturated/α-hetero) is 1. The molecule has 0 aromatic heterocycles. The molecule has 0 fully saturated rings. The Kier molecular flexibility index (Phi) is 2.98. The number of hydrogen-bond acceptors (Lipinski definition) is 1. The number of benzene rings is 1. The zero-order valence-corrected chi connectivity index (χ0v) is 7.61. The highest BCUT2D eigenvalue weighted by atomic mass is 35.5. The average molecular weight is 205 g/mol. The number of carbonyl (C=O) groups excluding carboxylic acids is 1. The summed E-state index contributed by atoms with van der Waals surface area (Å²) in [6.07, 6.45) is -2.96. The maximum atomic E-state index is 12.0. The van der Waals surface area contributed by atoms with E-state index in [0.717, 1.165) is 0 Å². The van der Waals surface area contributed by atoms with Crippen LogP contribution in [0, 0.1) is 6.92 Å². The molecular formula is C9H7ClF2O. The summed E-state index contributed by atoms with van der Waals surface area (Å²) in [6, 6.07) is 4.09. The summed E-state index contributed by atoms with van der Waals surface area (Å²) in [5.74, 6) is -1.17. The SMILES string of the molecule is Cc1cc(C(=O)C(F)F)ccc1Cl. The Morgan fingerprint density at radius 1 is 1.46 bits per heavy atom. The van der Waals surface area contributed by atoms with Crippen LogP contribution in [-0.4, -0.2) is 12.2 Å². The van der Waals surface area contributed by atoms with Gasteiger partial charge in [0, 0.05) is 10.6 Å². The van der Waals surface area contributed by atoms with E-state index in [1.807, 2.05) is 0 Å². The Bertz CT molecular complexity index is 336. The molecule has 70 valence electrons. The first kappa shape index (κ1) is 10.1. The standard InChI is InChI=1S/C9H7ClF2O/c1-5-4-6(2-3-7(5)10)8(13)9(11)12/h2-4,9H,1H3. The van der Waals surface area contributed by atoms with Crippen molar-refractivity contribution in [3.63, 3.8) is 0 Å². The summed E-state index contributed by atoms with van der Waals surface area (Å²) in [5.41, 5.74) is 0.616. The molecule has 0 aliphatic heterocycles. The van der Waals surface area contributed by atoms with E-state index in [0.29, 0.717) is 10.6 Å². The van der Waals surface area contributed by atoms with Gasteiger partial charge in [0.1, 0.15) is 0 Å². The lowest BCUT2D eigenvalue weighted by atomic mass is 10.1. The van der Waals surface area contributed by atoms with Crippen LogP contribution in [0.2, 0.25) is 5.02 Å². The predicted molar refractivity (Wildman–Crippen MR) is 46.5 cm³/mol. The van der Waals surface area contributed by atoms with E-state index in [9.17, 15) is 13.6 Å². The maximum absolute atomic E-state index is 12.0. The van der Waals surface area contributed by atoms with Crippen molar-refractivity contribution >= 4 is 17.4 Å². The van der Waals surface area contributed by atoms with Gasteiger partial charge in [0.15, 0.2) is 0 Å². The van der Waals surface area contributed by atoms with E-state index < -0.39 is 12.2 Å². The van der Waals surface area contributed by atoms with Gasteiger partial charge in [-0.1, -0.05) is 11.6 Å². The van der Waals surface area contributed by atoms with Crippen molar-refractivity contribution in [1.82, 2.24) is 0 Å². The van der Waals surface area contributed by atoms with E-state index >= 15 is 0 Å². The molecule has 0 saturated carbocycles. The summed E-state index contributed by atoms with van der Waals surface area (Å²) < 4.78 is 23.9. The summed E-state index contributed by atoms with van der Waals surface area (Å²) in [7, 11) is 0. The van der Waals surface area contributed by atoms with Crippen molar-refractivity contribution in [2.75, 3.05) is 0 Å². The first-order valence-electron chi connectivity index (χ1n) is 3.61. The monoisotopic (exact) mass is 204 g/mol. The predicted octanol–water partition coefficient (Wildman–Crippen LogP) is 3.10. The quantitative estimate of drug-likeness (QED) is 0.677. The largest absolute Gasteiger partial charge is 0.300 e. The van der Waals surface area contributed by atoms with Gasteiger partial charge >= 0.3 is 6.43 Å². The number of halogens is 3. The molecule has 0 amide bonds. The molecular weight excluding hydrogens is 198 g/mol. The third-order valence-electron chi connectivity index (χ3n) is 1.64. The Labute approximate surface area is 79.3 Å². The van der Waals surface area contributed by atoms with Gasteiger partial charge in [-0.05, 0) is 30.7 Å². The van der Waals surface area contributed by atoms with Gasteiger partial charge in [-0.3, -0.25) is 4.79 Å². The average Bonchev–Trinajstić information content (AvgIpc) is 2.08. The fourth-order valence-corrected chi connectivity index (χ4v) is 1.04. The lowest BCUT2D eigenvalue weighted by molar-refractivity contribution is 0.0678. The van der Waals surface area contributed by atoms with Crippen LogP contribution in [0.25, 0.3) is 0 Å². The Morgan fingerprint density at radius 3 is 2.54 bits per heavy atom. The second-order valence-electron chi connectivity index (χ2n) is 2.63.